The quantitative estimate of drug-likeness (QED) is 0.692. The Bertz CT molecular complexity index is 823. The SMILES string of the molecule is Cc1ccc(-c2ccc(CC(=O)N[C@@H](CCC(=O)C(C)C)C(=O)O)cc2)cc1. The van der Waals surface area contributed by atoms with E-state index in [-0.39, 0.29) is 36.9 Å². The van der Waals surface area contributed by atoms with Crippen molar-refractivity contribution >= 4 is 17.7 Å². The number of hydrogen-bond acceptors (Lipinski definition) is 3. The summed E-state index contributed by atoms with van der Waals surface area (Å²) in [4.78, 5) is 35.3. The van der Waals surface area contributed by atoms with Gasteiger partial charge in [-0.25, -0.2) is 4.79 Å². The molecule has 1 atom stereocenters. The number of hydrogen-bond donors (Lipinski definition) is 2. The minimum atomic E-state index is -1.13. The summed E-state index contributed by atoms with van der Waals surface area (Å²) < 4.78 is 0. The van der Waals surface area contributed by atoms with Crippen molar-refractivity contribution in [3.05, 3.63) is 59.7 Å². The first kappa shape index (κ1) is 21.4. The maximum atomic E-state index is 12.2. The Morgan fingerprint density at radius 3 is 1.96 bits per heavy atom. The number of carbonyl (C=O) groups excluding carboxylic acids is 2. The molecule has 2 aromatic rings. The Morgan fingerprint density at radius 2 is 1.46 bits per heavy atom. The van der Waals surface area contributed by atoms with E-state index < -0.39 is 12.0 Å². The van der Waals surface area contributed by atoms with Crippen LogP contribution in [0.5, 0.6) is 0 Å². The summed E-state index contributed by atoms with van der Waals surface area (Å²) in [6, 6.07) is 14.8. The second kappa shape index (κ2) is 9.83. The zero-order valence-electron chi connectivity index (χ0n) is 16.6. The molecule has 2 rings (SSSR count). The van der Waals surface area contributed by atoms with E-state index in [0.29, 0.717) is 0 Å². The highest BCUT2D eigenvalue weighted by Gasteiger charge is 2.21. The van der Waals surface area contributed by atoms with E-state index in [1.165, 1.54) is 5.56 Å². The molecule has 0 bridgehead atoms. The van der Waals surface area contributed by atoms with Crippen LogP contribution in [0, 0.1) is 12.8 Å². The normalized spacial score (nSPS) is 11.9. The average Bonchev–Trinajstić information content (AvgIpc) is 2.65. The fourth-order valence-corrected chi connectivity index (χ4v) is 2.82. The number of nitrogens with one attached hydrogen (secondary N) is 1. The van der Waals surface area contributed by atoms with Crippen molar-refractivity contribution in [2.24, 2.45) is 5.92 Å². The van der Waals surface area contributed by atoms with Crippen LogP contribution in [0.15, 0.2) is 48.5 Å². The fourth-order valence-electron chi connectivity index (χ4n) is 2.82. The van der Waals surface area contributed by atoms with Gasteiger partial charge in [-0.15, -0.1) is 0 Å². The number of benzene rings is 2. The van der Waals surface area contributed by atoms with Crippen LogP contribution in [0.25, 0.3) is 11.1 Å². The summed E-state index contributed by atoms with van der Waals surface area (Å²) >= 11 is 0. The van der Waals surface area contributed by atoms with Crippen LogP contribution in [-0.2, 0) is 20.8 Å². The van der Waals surface area contributed by atoms with Crippen LogP contribution >= 0.6 is 0 Å². The highest BCUT2D eigenvalue weighted by Crippen LogP contribution is 2.20. The van der Waals surface area contributed by atoms with Crippen molar-refractivity contribution in [1.82, 2.24) is 5.32 Å². The maximum absolute atomic E-state index is 12.2. The molecular weight excluding hydrogens is 354 g/mol. The van der Waals surface area contributed by atoms with Gasteiger partial charge in [0.25, 0.3) is 0 Å². The highest BCUT2D eigenvalue weighted by molar-refractivity contribution is 5.86. The molecule has 0 saturated heterocycles. The highest BCUT2D eigenvalue weighted by atomic mass is 16.4. The van der Waals surface area contributed by atoms with Crippen LogP contribution in [0.3, 0.4) is 0 Å². The van der Waals surface area contributed by atoms with Crippen LogP contribution in [0.2, 0.25) is 0 Å². The van der Waals surface area contributed by atoms with Gasteiger partial charge in [0.1, 0.15) is 11.8 Å². The molecule has 1 amide bonds. The van der Waals surface area contributed by atoms with E-state index in [0.717, 1.165) is 16.7 Å². The molecule has 0 aliphatic heterocycles. The summed E-state index contributed by atoms with van der Waals surface area (Å²) in [5.41, 5.74) is 4.15. The molecule has 2 N–H and O–H groups in total. The van der Waals surface area contributed by atoms with E-state index in [1.807, 2.05) is 55.5 Å². The molecule has 0 spiro atoms. The number of carboxylic acid groups (broad SMARTS) is 1. The molecular formula is C23H27NO4. The first-order valence-electron chi connectivity index (χ1n) is 9.47. The minimum Gasteiger partial charge on any atom is -0.480 e. The molecule has 148 valence electrons. The lowest BCUT2D eigenvalue weighted by Gasteiger charge is -2.15. The third kappa shape index (κ3) is 6.34. The number of amides is 1. The van der Waals surface area contributed by atoms with Crippen molar-refractivity contribution in [2.75, 3.05) is 0 Å². The van der Waals surface area contributed by atoms with Gasteiger partial charge in [0, 0.05) is 12.3 Å². The Kier molecular flexibility index (Phi) is 7.50. The van der Waals surface area contributed by atoms with Crippen molar-refractivity contribution < 1.29 is 19.5 Å². The zero-order valence-corrected chi connectivity index (χ0v) is 16.6. The number of aliphatic carboxylic acids is 1. The van der Waals surface area contributed by atoms with Gasteiger partial charge in [-0.2, -0.15) is 0 Å². The van der Waals surface area contributed by atoms with Crippen molar-refractivity contribution in [3.8, 4) is 11.1 Å². The predicted molar refractivity (Wildman–Crippen MR) is 109 cm³/mol. The number of aryl methyl sites for hydroxylation is 1. The zero-order chi connectivity index (χ0) is 20.7. The lowest BCUT2D eigenvalue weighted by molar-refractivity contribution is -0.142. The number of Topliss-reactive ketones (excluding diaryl/α,β-unsaturated/α-hetero) is 1. The molecule has 5 nitrogen and oxygen atoms in total. The van der Waals surface area contributed by atoms with Gasteiger partial charge in [-0.05, 0) is 30.0 Å². The topological polar surface area (TPSA) is 83.5 Å². The lowest BCUT2D eigenvalue weighted by Crippen LogP contribution is -2.41. The predicted octanol–water partition coefficient (Wildman–Crippen LogP) is 3.78. The van der Waals surface area contributed by atoms with Gasteiger partial charge in [0.15, 0.2) is 0 Å². The van der Waals surface area contributed by atoms with Gasteiger partial charge < -0.3 is 10.4 Å². The van der Waals surface area contributed by atoms with Crippen LogP contribution in [0.4, 0.5) is 0 Å². The molecule has 0 aliphatic carbocycles. The average molecular weight is 381 g/mol. The molecule has 0 saturated carbocycles. The summed E-state index contributed by atoms with van der Waals surface area (Å²) in [6.45, 7) is 5.59. The Hall–Kier alpha value is -2.95. The minimum absolute atomic E-state index is 0.00723. The second-order valence-corrected chi connectivity index (χ2v) is 7.36. The lowest BCUT2D eigenvalue weighted by atomic mass is 10.0. The molecule has 2 aromatic carbocycles. The van der Waals surface area contributed by atoms with E-state index in [1.54, 1.807) is 13.8 Å². The van der Waals surface area contributed by atoms with Gasteiger partial charge in [0.2, 0.25) is 5.91 Å². The molecule has 0 unspecified atom stereocenters. The van der Waals surface area contributed by atoms with Gasteiger partial charge >= 0.3 is 5.97 Å². The standard InChI is InChI=1S/C23H27NO4/c1-15(2)21(25)13-12-20(23(27)28)24-22(26)14-17-6-10-19(11-7-17)18-8-4-16(3)5-9-18/h4-11,15,20H,12-14H2,1-3H3,(H,24,26)(H,27,28)/t20-/m0/s1. The molecule has 0 aliphatic rings. The van der Waals surface area contributed by atoms with Crippen molar-refractivity contribution in [1.29, 1.82) is 0 Å². The van der Waals surface area contributed by atoms with Crippen molar-refractivity contribution in [3.63, 3.8) is 0 Å². The van der Waals surface area contributed by atoms with E-state index >= 15 is 0 Å². The molecule has 0 radical (unpaired) electrons. The fraction of sp³-hybridized carbons (Fsp3) is 0.348. The second-order valence-electron chi connectivity index (χ2n) is 7.36. The maximum Gasteiger partial charge on any atom is 0.326 e. The monoisotopic (exact) mass is 381 g/mol. The molecule has 0 aromatic heterocycles. The van der Waals surface area contributed by atoms with Gasteiger partial charge in [0.05, 0.1) is 6.42 Å². The number of carbonyl (C=O) groups is 3. The van der Waals surface area contributed by atoms with E-state index in [9.17, 15) is 19.5 Å². The third-order valence-corrected chi connectivity index (χ3v) is 4.66. The molecule has 28 heavy (non-hydrogen) atoms. The Morgan fingerprint density at radius 1 is 0.929 bits per heavy atom. The van der Waals surface area contributed by atoms with Crippen LogP contribution < -0.4 is 5.32 Å². The summed E-state index contributed by atoms with van der Waals surface area (Å²) in [6.07, 6.45) is 0.334. The van der Waals surface area contributed by atoms with Crippen LogP contribution in [-0.4, -0.2) is 28.8 Å². The summed E-state index contributed by atoms with van der Waals surface area (Å²) in [5.74, 6) is -1.64. The largest absolute Gasteiger partial charge is 0.480 e. The Balaban J connectivity index is 1.94. The first-order valence-corrected chi connectivity index (χ1v) is 9.47. The van der Waals surface area contributed by atoms with E-state index in [4.69, 9.17) is 0 Å². The molecule has 0 fully saturated rings. The summed E-state index contributed by atoms with van der Waals surface area (Å²) in [5, 5.41) is 11.8. The van der Waals surface area contributed by atoms with Crippen LogP contribution in [0.1, 0.15) is 37.8 Å². The van der Waals surface area contributed by atoms with E-state index in [2.05, 4.69) is 5.32 Å². The number of rotatable bonds is 9. The summed E-state index contributed by atoms with van der Waals surface area (Å²) in [7, 11) is 0. The number of ketones is 1. The molecule has 0 heterocycles. The Labute approximate surface area is 165 Å². The smallest absolute Gasteiger partial charge is 0.326 e. The van der Waals surface area contributed by atoms with Gasteiger partial charge in [-0.3, -0.25) is 9.59 Å². The van der Waals surface area contributed by atoms with Gasteiger partial charge in [-0.1, -0.05) is 67.9 Å². The first-order chi connectivity index (χ1) is 13.3. The third-order valence-electron chi connectivity index (χ3n) is 4.66. The molecule has 5 heteroatoms. The van der Waals surface area contributed by atoms with Crippen molar-refractivity contribution in [2.45, 2.75) is 46.1 Å². The number of carboxylic acids is 1.